The number of halogens is 1. The highest BCUT2D eigenvalue weighted by Gasteiger charge is 2.24. The number of nitrogens with one attached hydrogen (secondary N) is 1. The molecule has 191 valence electrons. The van der Waals surface area contributed by atoms with Crippen LogP contribution in [0.2, 0.25) is 5.02 Å². The van der Waals surface area contributed by atoms with Crippen LogP contribution in [0.25, 0.3) is 5.57 Å². The van der Waals surface area contributed by atoms with E-state index in [-0.39, 0.29) is 24.5 Å². The van der Waals surface area contributed by atoms with Crippen LogP contribution in [0, 0.1) is 0 Å². The summed E-state index contributed by atoms with van der Waals surface area (Å²) in [5, 5.41) is 7.97. The average molecular weight is 519 g/mol. The molecule has 0 aliphatic carbocycles. The average Bonchev–Trinajstić information content (AvgIpc) is 3.30. The molecule has 2 amide bonds. The van der Waals surface area contributed by atoms with Crippen molar-refractivity contribution in [2.45, 2.75) is 25.9 Å². The topological polar surface area (TPSA) is 82.0 Å². The molecule has 1 atom stereocenters. The number of carbonyl (C=O) groups is 2. The summed E-state index contributed by atoms with van der Waals surface area (Å²) in [6.45, 7) is 1.97. The van der Waals surface area contributed by atoms with Gasteiger partial charge in [0.15, 0.2) is 6.61 Å². The minimum absolute atomic E-state index is 0.108. The number of ether oxygens (including phenoxy) is 2. The van der Waals surface area contributed by atoms with Crippen LogP contribution in [0.1, 0.15) is 24.5 Å². The fourth-order valence-electron chi connectivity index (χ4n) is 4.25. The van der Waals surface area contributed by atoms with Gasteiger partial charge in [-0.05, 0) is 36.3 Å². The Hall–Kier alpha value is -3.97. The molecule has 3 aromatic rings. The van der Waals surface area contributed by atoms with Gasteiger partial charge in [0.2, 0.25) is 5.91 Å². The van der Waals surface area contributed by atoms with Crippen molar-refractivity contribution in [3.8, 4) is 11.5 Å². The van der Waals surface area contributed by atoms with Crippen molar-refractivity contribution in [1.29, 1.82) is 0 Å². The number of fused-ring (bicyclic) bond motifs is 1. The summed E-state index contributed by atoms with van der Waals surface area (Å²) in [4.78, 5) is 27.3. The van der Waals surface area contributed by atoms with Crippen LogP contribution in [0.4, 0.5) is 5.69 Å². The van der Waals surface area contributed by atoms with Gasteiger partial charge in [-0.25, -0.2) is 0 Å². The summed E-state index contributed by atoms with van der Waals surface area (Å²) >= 11 is 6.15. The standard InChI is InChI=1S/C29H29ClN3O4/c1-20(34)33(17-21-9-3-7-13-27(21)36-2)18-23(15-22-16-31-26-12-6-4-10-24(22)26)32-29(35)19-37-28-14-8-5-11-25(28)30/h3-14,16,23H,15,17-19H2,1-2H3,(H,32,35). The van der Waals surface area contributed by atoms with Gasteiger partial charge in [-0.1, -0.05) is 60.1 Å². The van der Waals surface area contributed by atoms with Crippen molar-refractivity contribution in [2.24, 2.45) is 0 Å². The second-order valence-electron chi connectivity index (χ2n) is 8.70. The lowest BCUT2D eigenvalue weighted by molar-refractivity contribution is -0.131. The first kappa shape index (κ1) is 26.1. The molecule has 1 heterocycles. The van der Waals surface area contributed by atoms with Crippen molar-refractivity contribution < 1.29 is 19.1 Å². The molecule has 1 aliphatic rings. The number of benzene rings is 3. The first-order chi connectivity index (χ1) is 17.9. The zero-order valence-electron chi connectivity index (χ0n) is 20.8. The van der Waals surface area contributed by atoms with Crippen LogP contribution in [0.3, 0.4) is 0 Å². The largest absolute Gasteiger partial charge is 0.496 e. The van der Waals surface area contributed by atoms with Crippen molar-refractivity contribution in [3.05, 3.63) is 95.1 Å². The fraction of sp³-hybridized carbons (Fsp3) is 0.241. The fourth-order valence-corrected chi connectivity index (χ4v) is 4.44. The summed E-state index contributed by atoms with van der Waals surface area (Å²) in [6, 6.07) is 22.1. The maximum Gasteiger partial charge on any atom is 0.258 e. The summed E-state index contributed by atoms with van der Waals surface area (Å²) in [5.74, 6) is 0.717. The predicted molar refractivity (Wildman–Crippen MR) is 144 cm³/mol. The number of hydrogen-bond acceptors (Lipinski definition) is 4. The third kappa shape index (κ3) is 6.83. The van der Waals surface area contributed by atoms with Gasteiger partial charge in [0.25, 0.3) is 5.91 Å². The lowest BCUT2D eigenvalue weighted by Crippen LogP contribution is -2.46. The van der Waals surface area contributed by atoms with Gasteiger partial charge in [0.1, 0.15) is 11.5 Å². The molecule has 4 rings (SSSR count). The second-order valence-corrected chi connectivity index (χ2v) is 9.11. The molecular weight excluding hydrogens is 490 g/mol. The van der Waals surface area contributed by atoms with E-state index in [2.05, 4.69) is 10.6 Å². The molecule has 1 N–H and O–H groups in total. The summed E-state index contributed by atoms with van der Waals surface area (Å²) in [6.07, 6.45) is 2.32. The number of hydrogen-bond donors (Lipinski definition) is 1. The maximum absolute atomic E-state index is 12.9. The predicted octanol–water partition coefficient (Wildman–Crippen LogP) is 4.94. The van der Waals surface area contributed by atoms with E-state index in [0.717, 1.165) is 22.4 Å². The van der Waals surface area contributed by atoms with E-state index in [4.69, 9.17) is 21.1 Å². The van der Waals surface area contributed by atoms with Crippen LogP contribution in [-0.4, -0.2) is 43.0 Å². The van der Waals surface area contributed by atoms with E-state index in [1.54, 1.807) is 36.3 Å². The van der Waals surface area contributed by atoms with Gasteiger partial charge in [-0.3, -0.25) is 14.9 Å². The lowest BCUT2D eigenvalue weighted by atomic mass is 9.99. The molecule has 0 spiro atoms. The molecule has 0 fully saturated rings. The molecule has 1 aliphatic heterocycles. The Morgan fingerprint density at radius 3 is 2.46 bits per heavy atom. The maximum atomic E-state index is 12.9. The van der Waals surface area contributed by atoms with Gasteiger partial charge >= 0.3 is 0 Å². The smallest absolute Gasteiger partial charge is 0.258 e. The number of amides is 2. The molecule has 7 nitrogen and oxygen atoms in total. The Morgan fingerprint density at radius 1 is 1.00 bits per heavy atom. The SMILES string of the molecule is COc1ccccc1CN(CC(CC1=C[N]c2ccccc21)NC(=O)COc1ccccc1Cl)C(C)=O. The number of nitrogens with zero attached hydrogens (tertiary/aromatic N) is 2. The third-order valence-corrected chi connectivity index (χ3v) is 6.39. The summed E-state index contributed by atoms with van der Waals surface area (Å²) in [5.41, 5.74) is 3.79. The number of carbonyl (C=O) groups excluding carboxylic acids is 2. The molecule has 8 heteroatoms. The van der Waals surface area contributed by atoms with Crippen LogP contribution in [0.15, 0.2) is 79.0 Å². The van der Waals surface area contributed by atoms with Crippen molar-refractivity contribution in [3.63, 3.8) is 0 Å². The van der Waals surface area contributed by atoms with Crippen molar-refractivity contribution in [1.82, 2.24) is 15.5 Å². The van der Waals surface area contributed by atoms with Gasteiger partial charge in [-0.15, -0.1) is 0 Å². The lowest BCUT2D eigenvalue weighted by Gasteiger charge is -2.28. The van der Waals surface area contributed by atoms with Crippen LogP contribution in [-0.2, 0) is 16.1 Å². The minimum Gasteiger partial charge on any atom is -0.496 e. The van der Waals surface area contributed by atoms with Gasteiger partial charge in [0, 0.05) is 37.3 Å². The quantitative estimate of drug-likeness (QED) is 0.390. The van der Waals surface area contributed by atoms with E-state index in [1.165, 1.54) is 6.92 Å². The Bertz CT molecular complexity index is 1290. The molecule has 37 heavy (non-hydrogen) atoms. The minimum atomic E-state index is -0.381. The van der Waals surface area contributed by atoms with Crippen LogP contribution in [0.5, 0.6) is 11.5 Å². The first-order valence-corrected chi connectivity index (χ1v) is 12.4. The highest BCUT2D eigenvalue weighted by molar-refractivity contribution is 6.32. The Labute approximate surface area is 222 Å². The zero-order chi connectivity index (χ0) is 26.2. The van der Waals surface area contributed by atoms with Gasteiger partial charge < -0.3 is 19.7 Å². The van der Waals surface area contributed by atoms with Gasteiger partial charge in [0.05, 0.1) is 23.9 Å². The van der Waals surface area contributed by atoms with E-state index < -0.39 is 0 Å². The first-order valence-electron chi connectivity index (χ1n) is 12.0. The molecule has 0 saturated heterocycles. The highest BCUT2D eigenvalue weighted by atomic mass is 35.5. The van der Waals surface area contributed by atoms with Crippen molar-refractivity contribution >= 4 is 34.7 Å². The number of methoxy groups -OCH3 is 1. The number of rotatable bonds is 11. The van der Waals surface area contributed by atoms with E-state index in [0.29, 0.717) is 36.0 Å². The van der Waals surface area contributed by atoms with E-state index in [1.807, 2.05) is 54.7 Å². The Kier molecular flexibility index (Phi) is 8.69. The Balaban J connectivity index is 1.50. The van der Waals surface area contributed by atoms with Crippen LogP contribution >= 0.6 is 11.6 Å². The van der Waals surface area contributed by atoms with Gasteiger partial charge in [-0.2, -0.15) is 0 Å². The monoisotopic (exact) mass is 518 g/mol. The van der Waals surface area contributed by atoms with Crippen molar-refractivity contribution in [2.75, 3.05) is 20.3 Å². The normalized spacial score (nSPS) is 12.6. The Morgan fingerprint density at radius 2 is 1.70 bits per heavy atom. The molecule has 0 saturated carbocycles. The molecule has 0 aromatic heterocycles. The number of para-hydroxylation sites is 3. The zero-order valence-corrected chi connectivity index (χ0v) is 21.6. The third-order valence-electron chi connectivity index (χ3n) is 6.08. The van der Waals surface area contributed by atoms with E-state index in [9.17, 15) is 9.59 Å². The molecule has 1 radical (unpaired) electrons. The molecular formula is C29H29ClN3O4. The second kappa shape index (κ2) is 12.3. The molecule has 1 unspecified atom stereocenters. The highest BCUT2D eigenvalue weighted by Crippen LogP contribution is 2.33. The summed E-state index contributed by atoms with van der Waals surface area (Å²) in [7, 11) is 1.60. The molecule has 0 bridgehead atoms. The van der Waals surface area contributed by atoms with Crippen LogP contribution < -0.4 is 20.1 Å². The molecule has 3 aromatic carbocycles. The van der Waals surface area contributed by atoms with E-state index >= 15 is 0 Å². The summed E-state index contributed by atoms with van der Waals surface area (Å²) < 4.78 is 11.1.